The Balaban J connectivity index is 2.23. The number of carbonyl (C=O) groups is 1. The maximum Gasteiger partial charge on any atom is 0.304 e. The molecule has 2 aromatic rings. The van der Waals surface area contributed by atoms with Gasteiger partial charge in [0, 0.05) is 20.4 Å². The smallest absolute Gasteiger partial charge is 0.304 e. The number of nitrogens with one attached hydrogen (secondary N) is 1. The zero-order valence-electron chi connectivity index (χ0n) is 17.0. The molecule has 0 aliphatic heterocycles. The number of hydrogen-bond acceptors (Lipinski definition) is 5. The van der Waals surface area contributed by atoms with E-state index < -0.39 is 44.4 Å². The lowest BCUT2D eigenvalue weighted by Gasteiger charge is -2.27. The predicted octanol–water partition coefficient (Wildman–Crippen LogP) is 1.72. The molecule has 2 aromatic carbocycles. The third-order valence-electron chi connectivity index (χ3n) is 4.33. The number of benzene rings is 2. The first-order valence-corrected chi connectivity index (χ1v) is 12.2. The van der Waals surface area contributed by atoms with Crippen LogP contribution in [0.3, 0.4) is 0 Å². The van der Waals surface area contributed by atoms with E-state index in [-0.39, 0.29) is 10.6 Å². The van der Waals surface area contributed by atoms with Gasteiger partial charge in [-0.3, -0.25) is 4.79 Å². The van der Waals surface area contributed by atoms with Crippen LogP contribution in [0, 0.1) is 5.82 Å². The SMILES string of the molecule is C[C@H](NC(=O)CN(c1ccccc1F)S(=O)(=O)N(C)C)c1ccc(S(C)(=O)=O)cc1. The summed E-state index contributed by atoms with van der Waals surface area (Å²) in [5.41, 5.74) is 0.384. The maximum atomic E-state index is 14.2. The van der Waals surface area contributed by atoms with Crippen molar-refractivity contribution in [1.82, 2.24) is 9.62 Å². The summed E-state index contributed by atoms with van der Waals surface area (Å²) in [4.78, 5) is 12.7. The second-order valence-corrected chi connectivity index (χ2v) is 11.0. The van der Waals surface area contributed by atoms with Gasteiger partial charge in [-0.2, -0.15) is 12.7 Å². The zero-order chi connectivity index (χ0) is 22.7. The molecule has 0 aromatic heterocycles. The molecule has 0 saturated heterocycles. The fourth-order valence-electron chi connectivity index (χ4n) is 2.65. The summed E-state index contributed by atoms with van der Waals surface area (Å²) in [7, 11) is -4.91. The normalized spacial score (nSPS) is 13.1. The summed E-state index contributed by atoms with van der Waals surface area (Å²) in [6, 6.07) is 10.7. The van der Waals surface area contributed by atoms with E-state index in [0.717, 1.165) is 16.6 Å². The van der Waals surface area contributed by atoms with E-state index in [9.17, 15) is 26.0 Å². The first-order valence-electron chi connectivity index (χ1n) is 8.88. The standard InChI is InChI=1S/C19H24FN3O5S2/c1-14(15-9-11-16(12-10-15)29(4,25)26)21-19(24)13-23(30(27,28)22(2)3)18-8-6-5-7-17(18)20/h5-12,14H,13H2,1-4H3,(H,21,24)/t14-/m0/s1. The number of nitrogens with zero attached hydrogens (tertiary/aromatic N) is 2. The predicted molar refractivity (Wildman–Crippen MR) is 112 cm³/mol. The molecule has 0 fully saturated rings. The van der Waals surface area contributed by atoms with E-state index in [1.54, 1.807) is 19.1 Å². The fraction of sp³-hybridized carbons (Fsp3) is 0.316. The van der Waals surface area contributed by atoms with Crippen molar-refractivity contribution in [3.63, 3.8) is 0 Å². The van der Waals surface area contributed by atoms with Crippen LogP contribution in [0.2, 0.25) is 0 Å². The monoisotopic (exact) mass is 457 g/mol. The van der Waals surface area contributed by atoms with Gasteiger partial charge in [-0.15, -0.1) is 0 Å². The van der Waals surface area contributed by atoms with Gasteiger partial charge in [0.15, 0.2) is 9.84 Å². The molecule has 0 aliphatic carbocycles. The van der Waals surface area contributed by atoms with E-state index >= 15 is 0 Å². The molecule has 1 N–H and O–H groups in total. The summed E-state index contributed by atoms with van der Waals surface area (Å²) in [6.07, 6.45) is 1.09. The number of halogens is 1. The highest BCUT2D eigenvalue weighted by Gasteiger charge is 2.29. The Hall–Kier alpha value is -2.50. The highest BCUT2D eigenvalue weighted by molar-refractivity contribution is 7.90. The van der Waals surface area contributed by atoms with Gasteiger partial charge in [0.1, 0.15) is 12.4 Å². The van der Waals surface area contributed by atoms with Crippen LogP contribution in [0.4, 0.5) is 10.1 Å². The quantitative estimate of drug-likeness (QED) is 0.650. The highest BCUT2D eigenvalue weighted by Crippen LogP contribution is 2.23. The van der Waals surface area contributed by atoms with Crippen LogP contribution in [0.1, 0.15) is 18.5 Å². The molecule has 8 nitrogen and oxygen atoms in total. The van der Waals surface area contributed by atoms with Crippen LogP contribution in [-0.4, -0.2) is 53.9 Å². The van der Waals surface area contributed by atoms with Crippen molar-refractivity contribution in [2.24, 2.45) is 0 Å². The molecule has 30 heavy (non-hydrogen) atoms. The van der Waals surface area contributed by atoms with Gasteiger partial charge >= 0.3 is 10.2 Å². The number of para-hydroxylation sites is 1. The molecule has 0 radical (unpaired) electrons. The molecule has 2 rings (SSSR count). The van der Waals surface area contributed by atoms with Crippen molar-refractivity contribution in [1.29, 1.82) is 0 Å². The first kappa shape index (κ1) is 23.8. The van der Waals surface area contributed by atoms with Gasteiger partial charge in [0.25, 0.3) is 0 Å². The molecule has 0 saturated carbocycles. The van der Waals surface area contributed by atoms with Crippen molar-refractivity contribution in [3.8, 4) is 0 Å². The van der Waals surface area contributed by atoms with Crippen molar-refractivity contribution < 1.29 is 26.0 Å². The molecule has 0 heterocycles. The van der Waals surface area contributed by atoms with E-state index in [2.05, 4.69) is 5.32 Å². The van der Waals surface area contributed by atoms with Gasteiger partial charge in [-0.05, 0) is 36.8 Å². The average Bonchev–Trinajstić information content (AvgIpc) is 2.66. The maximum absolute atomic E-state index is 14.2. The van der Waals surface area contributed by atoms with Crippen LogP contribution >= 0.6 is 0 Å². The van der Waals surface area contributed by atoms with Gasteiger partial charge < -0.3 is 5.32 Å². The molecule has 11 heteroatoms. The van der Waals surface area contributed by atoms with Crippen LogP contribution in [0.15, 0.2) is 53.4 Å². The Morgan fingerprint density at radius 1 is 1.03 bits per heavy atom. The Labute approximate surface area is 176 Å². The summed E-state index contributed by atoms with van der Waals surface area (Å²) >= 11 is 0. The zero-order valence-corrected chi connectivity index (χ0v) is 18.7. The molecule has 0 spiro atoms. The van der Waals surface area contributed by atoms with E-state index in [1.165, 1.54) is 44.4 Å². The number of carbonyl (C=O) groups excluding carboxylic acids is 1. The lowest BCUT2D eigenvalue weighted by atomic mass is 10.1. The first-order chi connectivity index (χ1) is 13.8. The number of rotatable bonds is 8. The fourth-order valence-corrected chi connectivity index (χ4v) is 4.35. The molecule has 1 atom stereocenters. The average molecular weight is 458 g/mol. The minimum absolute atomic E-state index is 0.146. The largest absolute Gasteiger partial charge is 0.348 e. The number of anilines is 1. The topological polar surface area (TPSA) is 104 Å². The van der Waals surface area contributed by atoms with Gasteiger partial charge in [-0.1, -0.05) is 24.3 Å². The Bertz CT molecular complexity index is 1120. The molecular formula is C19H24FN3O5S2. The number of amides is 1. The van der Waals surface area contributed by atoms with E-state index in [4.69, 9.17) is 0 Å². The summed E-state index contributed by atoms with van der Waals surface area (Å²) < 4.78 is 64.2. The van der Waals surface area contributed by atoms with E-state index in [0.29, 0.717) is 9.87 Å². The van der Waals surface area contributed by atoms with Crippen molar-refractivity contribution in [2.45, 2.75) is 17.9 Å². The Morgan fingerprint density at radius 2 is 1.60 bits per heavy atom. The molecule has 0 bridgehead atoms. The highest BCUT2D eigenvalue weighted by atomic mass is 32.2. The lowest BCUT2D eigenvalue weighted by Crippen LogP contribution is -2.46. The molecule has 0 aliphatic rings. The lowest BCUT2D eigenvalue weighted by molar-refractivity contribution is -0.120. The second-order valence-electron chi connectivity index (χ2n) is 6.88. The van der Waals surface area contributed by atoms with Crippen LogP contribution in [0.25, 0.3) is 0 Å². The number of hydrogen-bond donors (Lipinski definition) is 1. The van der Waals surface area contributed by atoms with Crippen LogP contribution in [0.5, 0.6) is 0 Å². The van der Waals surface area contributed by atoms with Crippen LogP contribution in [-0.2, 0) is 24.8 Å². The Kier molecular flexibility index (Phi) is 7.22. The summed E-state index contributed by atoms with van der Waals surface area (Å²) in [5.74, 6) is -1.43. The van der Waals surface area contributed by atoms with Crippen molar-refractivity contribution >= 4 is 31.6 Å². The molecule has 164 valence electrons. The Morgan fingerprint density at radius 3 is 2.10 bits per heavy atom. The minimum atomic E-state index is -4.13. The summed E-state index contributed by atoms with van der Waals surface area (Å²) in [6.45, 7) is 1.04. The van der Waals surface area contributed by atoms with Crippen LogP contribution < -0.4 is 9.62 Å². The van der Waals surface area contributed by atoms with Gasteiger partial charge in [0.2, 0.25) is 5.91 Å². The molecule has 1 amide bonds. The van der Waals surface area contributed by atoms with Gasteiger partial charge in [-0.25, -0.2) is 17.1 Å². The molecule has 0 unspecified atom stereocenters. The third kappa shape index (κ3) is 5.55. The van der Waals surface area contributed by atoms with Gasteiger partial charge in [0.05, 0.1) is 16.6 Å². The minimum Gasteiger partial charge on any atom is -0.348 e. The molecular weight excluding hydrogens is 433 g/mol. The van der Waals surface area contributed by atoms with Crippen molar-refractivity contribution in [2.75, 3.05) is 31.2 Å². The third-order valence-corrected chi connectivity index (χ3v) is 7.27. The number of sulfone groups is 1. The second kappa shape index (κ2) is 9.11. The van der Waals surface area contributed by atoms with E-state index in [1.807, 2.05) is 0 Å². The summed E-state index contributed by atoms with van der Waals surface area (Å²) in [5, 5.41) is 2.65. The van der Waals surface area contributed by atoms with Crippen molar-refractivity contribution in [3.05, 3.63) is 59.9 Å².